The molecule has 0 fully saturated rings. The van der Waals surface area contributed by atoms with E-state index in [1.807, 2.05) is 36.6 Å². The Bertz CT molecular complexity index is 899. The molecular weight excluding hydrogens is 307 g/mol. The molecule has 23 heavy (non-hydrogen) atoms. The average Bonchev–Trinajstić information content (AvgIpc) is 2.74. The van der Waals surface area contributed by atoms with Crippen molar-refractivity contribution >= 4 is 31.4 Å². The summed E-state index contributed by atoms with van der Waals surface area (Å²) in [6.45, 7) is 3.97. The first kappa shape index (κ1) is 15.7. The van der Waals surface area contributed by atoms with Gasteiger partial charge in [-0.25, -0.2) is 0 Å². The number of aromatic nitrogens is 2. The second kappa shape index (κ2) is 6.13. The first-order valence-electron chi connectivity index (χ1n) is 7.47. The van der Waals surface area contributed by atoms with Gasteiger partial charge in [0.15, 0.2) is 0 Å². The number of rotatable bonds is 4. The topological polar surface area (TPSA) is 55.1 Å². The maximum atomic E-state index is 11.2. The minimum Gasteiger partial charge on any atom is -0.480 e. The maximum absolute atomic E-state index is 11.2. The van der Waals surface area contributed by atoms with Gasteiger partial charge in [-0.1, -0.05) is 12.1 Å². The van der Waals surface area contributed by atoms with Gasteiger partial charge in [-0.05, 0) is 48.5 Å². The Hall–Kier alpha value is -2.19. The van der Waals surface area contributed by atoms with Crippen molar-refractivity contribution in [2.45, 2.75) is 26.8 Å². The molecule has 1 unspecified atom stereocenters. The molecule has 0 aliphatic carbocycles. The summed E-state index contributed by atoms with van der Waals surface area (Å²) >= 11 is 0. The van der Waals surface area contributed by atoms with Crippen LogP contribution in [0.1, 0.15) is 22.5 Å². The van der Waals surface area contributed by atoms with Crippen molar-refractivity contribution in [3.63, 3.8) is 0 Å². The summed E-state index contributed by atoms with van der Waals surface area (Å²) in [5, 5.41) is 11.4. The van der Waals surface area contributed by atoms with Gasteiger partial charge in [-0.3, -0.25) is 9.78 Å². The van der Waals surface area contributed by atoms with Crippen LogP contribution in [0, 0.1) is 13.8 Å². The van der Waals surface area contributed by atoms with Crippen molar-refractivity contribution in [1.29, 1.82) is 0 Å². The quantitative estimate of drug-likeness (QED) is 0.750. The molecular formula is C18H19N2O2P. The number of fused-ring (bicyclic) bond motifs is 1. The summed E-state index contributed by atoms with van der Waals surface area (Å²) in [6.07, 6.45) is 2.54. The molecule has 118 valence electrons. The van der Waals surface area contributed by atoms with Crippen LogP contribution in [-0.2, 0) is 17.8 Å². The fourth-order valence-electron chi connectivity index (χ4n) is 3.03. The van der Waals surface area contributed by atoms with Gasteiger partial charge in [0.2, 0.25) is 0 Å². The summed E-state index contributed by atoms with van der Waals surface area (Å²) in [5.74, 6) is -0.830. The van der Waals surface area contributed by atoms with Crippen molar-refractivity contribution in [3.05, 3.63) is 59.0 Å². The van der Waals surface area contributed by atoms with Crippen LogP contribution in [0.2, 0.25) is 0 Å². The first-order valence-corrected chi connectivity index (χ1v) is 8.04. The zero-order chi connectivity index (χ0) is 16.6. The molecule has 0 saturated heterocycles. The van der Waals surface area contributed by atoms with Crippen LogP contribution in [0.5, 0.6) is 0 Å². The molecule has 3 aromatic rings. The van der Waals surface area contributed by atoms with Crippen LogP contribution in [0.3, 0.4) is 0 Å². The first-order chi connectivity index (χ1) is 11.0. The van der Waals surface area contributed by atoms with Gasteiger partial charge in [0, 0.05) is 34.9 Å². The molecule has 0 saturated carbocycles. The second-order valence-corrected chi connectivity index (χ2v) is 6.41. The van der Waals surface area contributed by atoms with E-state index in [1.165, 1.54) is 11.1 Å². The SMILES string of the molecule is Cc1ncccc1Cc1c(C)n(CC(=O)O)c2ccc(P)cc12. The molecule has 4 nitrogen and oxygen atoms in total. The fourth-order valence-corrected chi connectivity index (χ4v) is 3.29. The number of aryl methyl sites for hydroxylation is 1. The molecule has 0 amide bonds. The van der Waals surface area contributed by atoms with E-state index in [9.17, 15) is 9.90 Å². The van der Waals surface area contributed by atoms with E-state index in [1.54, 1.807) is 6.20 Å². The van der Waals surface area contributed by atoms with Crippen LogP contribution >= 0.6 is 9.24 Å². The van der Waals surface area contributed by atoms with E-state index in [0.29, 0.717) is 0 Å². The van der Waals surface area contributed by atoms with Gasteiger partial charge in [-0.15, -0.1) is 9.24 Å². The Morgan fingerprint density at radius 1 is 1.30 bits per heavy atom. The number of hydrogen-bond donors (Lipinski definition) is 1. The van der Waals surface area contributed by atoms with Crippen LogP contribution in [-0.4, -0.2) is 20.6 Å². The number of carboxylic acid groups (broad SMARTS) is 1. The highest BCUT2D eigenvalue weighted by atomic mass is 31.0. The minimum absolute atomic E-state index is 0.0233. The number of benzene rings is 1. The number of nitrogens with zero attached hydrogens (tertiary/aromatic N) is 2. The second-order valence-electron chi connectivity index (χ2n) is 5.75. The lowest BCUT2D eigenvalue weighted by atomic mass is 10.0. The van der Waals surface area contributed by atoms with Gasteiger partial charge in [0.1, 0.15) is 6.54 Å². The Kier molecular flexibility index (Phi) is 4.18. The molecule has 2 aromatic heterocycles. The normalized spacial score (nSPS) is 11.1. The highest BCUT2D eigenvalue weighted by Gasteiger charge is 2.17. The summed E-state index contributed by atoms with van der Waals surface area (Å²) in [5.41, 5.74) is 5.31. The largest absolute Gasteiger partial charge is 0.480 e. The van der Waals surface area contributed by atoms with Crippen molar-refractivity contribution in [2.75, 3.05) is 0 Å². The highest BCUT2D eigenvalue weighted by molar-refractivity contribution is 7.27. The van der Waals surface area contributed by atoms with Gasteiger partial charge in [0.25, 0.3) is 0 Å². The lowest BCUT2D eigenvalue weighted by molar-refractivity contribution is -0.137. The Labute approximate surface area is 137 Å². The van der Waals surface area contributed by atoms with Crippen LogP contribution in [0.15, 0.2) is 36.5 Å². The summed E-state index contributed by atoms with van der Waals surface area (Å²) in [7, 11) is 2.70. The molecule has 0 spiro atoms. The number of hydrogen-bond acceptors (Lipinski definition) is 2. The third-order valence-corrected chi connectivity index (χ3v) is 4.61. The lowest BCUT2D eigenvalue weighted by Gasteiger charge is -2.07. The Balaban J connectivity index is 2.19. The molecule has 1 N–H and O–H groups in total. The van der Waals surface area contributed by atoms with Crippen molar-refractivity contribution in [1.82, 2.24) is 9.55 Å². The van der Waals surface area contributed by atoms with E-state index < -0.39 is 5.97 Å². The van der Waals surface area contributed by atoms with Gasteiger partial charge in [-0.2, -0.15) is 0 Å². The van der Waals surface area contributed by atoms with Crippen LogP contribution in [0.4, 0.5) is 0 Å². The van der Waals surface area contributed by atoms with Crippen molar-refractivity contribution in [2.24, 2.45) is 0 Å². The molecule has 0 aliphatic heterocycles. The highest BCUT2D eigenvalue weighted by Crippen LogP contribution is 2.28. The van der Waals surface area contributed by atoms with Gasteiger partial charge >= 0.3 is 5.97 Å². The predicted octanol–water partition coefficient (Wildman–Crippen LogP) is 2.83. The van der Waals surface area contributed by atoms with E-state index in [0.717, 1.165) is 34.0 Å². The van der Waals surface area contributed by atoms with E-state index in [2.05, 4.69) is 26.4 Å². The lowest BCUT2D eigenvalue weighted by Crippen LogP contribution is -2.10. The average molecular weight is 326 g/mol. The zero-order valence-corrected chi connectivity index (χ0v) is 14.4. The number of pyridine rings is 1. The molecule has 0 aliphatic rings. The monoisotopic (exact) mass is 326 g/mol. The molecule has 3 rings (SSSR count). The molecule has 0 bridgehead atoms. The van der Waals surface area contributed by atoms with Crippen LogP contribution in [0.25, 0.3) is 10.9 Å². The number of carbonyl (C=O) groups is 1. The maximum Gasteiger partial charge on any atom is 0.323 e. The Morgan fingerprint density at radius 3 is 2.78 bits per heavy atom. The minimum atomic E-state index is -0.830. The zero-order valence-electron chi connectivity index (χ0n) is 13.2. The van der Waals surface area contributed by atoms with Crippen LogP contribution < -0.4 is 5.30 Å². The third kappa shape index (κ3) is 2.99. The summed E-state index contributed by atoms with van der Waals surface area (Å²) < 4.78 is 1.88. The molecule has 1 atom stereocenters. The van der Waals surface area contributed by atoms with Gasteiger partial charge in [0.05, 0.1) is 0 Å². The van der Waals surface area contributed by atoms with E-state index >= 15 is 0 Å². The van der Waals surface area contributed by atoms with E-state index in [4.69, 9.17) is 0 Å². The standard InChI is InChI=1S/C18H19N2O2P/c1-11-13(4-3-7-19-11)8-15-12(2)20(10-18(21)22)17-6-5-14(23)9-16(15)17/h3-7,9H,8,10,23H2,1-2H3,(H,21,22). The van der Waals surface area contributed by atoms with E-state index in [-0.39, 0.29) is 6.54 Å². The molecule has 0 radical (unpaired) electrons. The van der Waals surface area contributed by atoms with Crippen molar-refractivity contribution in [3.8, 4) is 0 Å². The molecule has 1 aromatic carbocycles. The fraction of sp³-hybridized carbons (Fsp3) is 0.222. The summed E-state index contributed by atoms with van der Waals surface area (Å²) in [4.78, 5) is 15.6. The predicted molar refractivity (Wildman–Crippen MR) is 95.4 cm³/mol. The van der Waals surface area contributed by atoms with Crippen molar-refractivity contribution < 1.29 is 9.90 Å². The number of carboxylic acids is 1. The third-order valence-electron chi connectivity index (χ3n) is 4.26. The Morgan fingerprint density at radius 2 is 2.09 bits per heavy atom. The molecule has 5 heteroatoms. The molecule has 2 heterocycles. The smallest absolute Gasteiger partial charge is 0.323 e. The number of aliphatic carboxylic acids is 1. The van der Waals surface area contributed by atoms with Gasteiger partial charge < -0.3 is 9.67 Å². The summed E-state index contributed by atoms with van der Waals surface area (Å²) in [6, 6.07) is 10.1.